The van der Waals surface area contributed by atoms with Crippen LogP contribution in [0.1, 0.15) is 23.7 Å². The number of nitrogens with one attached hydrogen (secondary N) is 1. The molecule has 1 amide bonds. The Hall–Kier alpha value is -0.770. The van der Waals surface area contributed by atoms with E-state index in [4.69, 9.17) is 23.2 Å². The number of nitrogens with zero attached hydrogens (tertiary/aromatic N) is 1. The second-order valence-electron chi connectivity index (χ2n) is 5.64. The molecule has 20 heavy (non-hydrogen) atoms. The molecule has 0 saturated carbocycles. The van der Waals surface area contributed by atoms with Crippen molar-refractivity contribution in [2.45, 2.75) is 19.4 Å². The van der Waals surface area contributed by atoms with Crippen molar-refractivity contribution in [3.63, 3.8) is 0 Å². The molecule has 2 heterocycles. The molecule has 1 N–H and O–H groups in total. The van der Waals surface area contributed by atoms with Crippen LogP contribution in [-0.4, -0.2) is 36.5 Å². The molecule has 0 aromatic heterocycles. The van der Waals surface area contributed by atoms with Gasteiger partial charge in [-0.3, -0.25) is 4.79 Å². The summed E-state index contributed by atoms with van der Waals surface area (Å²) in [6.07, 6.45) is 0.986. The van der Waals surface area contributed by atoms with Gasteiger partial charge in [0, 0.05) is 30.7 Å². The van der Waals surface area contributed by atoms with Crippen LogP contribution < -0.4 is 5.32 Å². The maximum absolute atomic E-state index is 12.8. The third kappa shape index (κ3) is 2.32. The first-order valence-electron chi connectivity index (χ1n) is 7.08. The summed E-state index contributed by atoms with van der Waals surface area (Å²) in [5.41, 5.74) is 0.558. The molecule has 0 bridgehead atoms. The van der Waals surface area contributed by atoms with Crippen molar-refractivity contribution in [2.75, 3.05) is 19.6 Å². The lowest BCUT2D eigenvalue weighted by Crippen LogP contribution is -2.39. The van der Waals surface area contributed by atoms with Crippen LogP contribution in [-0.2, 0) is 0 Å². The van der Waals surface area contributed by atoms with Crippen molar-refractivity contribution < 1.29 is 4.79 Å². The molecule has 5 heteroatoms. The number of carbonyl (C=O) groups excluding carboxylic acids is 1. The zero-order valence-electron chi connectivity index (χ0n) is 11.4. The minimum Gasteiger partial charge on any atom is -0.335 e. The Bertz CT molecular complexity index is 535. The van der Waals surface area contributed by atoms with Crippen LogP contribution >= 0.6 is 23.2 Å². The number of halogens is 2. The van der Waals surface area contributed by atoms with E-state index in [1.165, 1.54) is 0 Å². The van der Waals surface area contributed by atoms with E-state index >= 15 is 0 Å². The zero-order valence-corrected chi connectivity index (χ0v) is 12.9. The minimum absolute atomic E-state index is 0.0351. The van der Waals surface area contributed by atoms with Crippen molar-refractivity contribution in [3.8, 4) is 0 Å². The molecule has 2 aliphatic heterocycles. The fraction of sp³-hybridized carbons (Fsp3) is 0.533. The lowest BCUT2D eigenvalue weighted by atomic mass is 9.93. The maximum Gasteiger partial charge on any atom is 0.255 e. The van der Waals surface area contributed by atoms with Gasteiger partial charge in [-0.25, -0.2) is 0 Å². The summed E-state index contributed by atoms with van der Waals surface area (Å²) in [6, 6.07) is 5.40. The predicted molar refractivity (Wildman–Crippen MR) is 81.4 cm³/mol. The number of rotatable bonds is 2. The van der Waals surface area contributed by atoms with Gasteiger partial charge in [-0.05, 0) is 36.5 Å². The first-order chi connectivity index (χ1) is 9.61. The topological polar surface area (TPSA) is 32.3 Å². The molecule has 3 atom stereocenters. The van der Waals surface area contributed by atoms with Crippen LogP contribution in [0.4, 0.5) is 0 Å². The van der Waals surface area contributed by atoms with Crippen LogP contribution in [0, 0.1) is 11.8 Å². The van der Waals surface area contributed by atoms with Gasteiger partial charge in [-0.15, -0.1) is 0 Å². The van der Waals surface area contributed by atoms with Crippen LogP contribution in [0.3, 0.4) is 0 Å². The van der Waals surface area contributed by atoms with Crippen LogP contribution in [0.5, 0.6) is 0 Å². The summed E-state index contributed by atoms with van der Waals surface area (Å²) in [6.45, 7) is 5.00. The van der Waals surface area contributed by atoms with E-state index in [-0.39, 0.29) is 5.91 Å². The standard InChI is InChI=1S/C15H18Cl2N2O/c1-2-14-12-7-18-6-9(12)8-19(14)15(20)11-4-3-10(16)5-13(11)17/h3-5,9,12,14,18H,2,6-8H2,1H3. The van der Waals surface area contributed by atoms with E-state index in [1.807, 2.05) is 4.90 Å². The molecule has 2 aliphatic rings. The third-order valence-electron chi connectivity index (χ3n) is 4.56. The molecule has 0 spiro atoms. The fourth-order valence-corrected chi connectivity index (χ4v) is 4.09. The fourth-order valence-electron chi connectivity index (χ4n) is 3.60. The third-order valence-corrected chi connectivity index (χ3v) is 5.11. The highest BCUT2D eigenvalue weighted by molar-refractivity contribution is 6.36. The summed E-state index contributed by atoms with van der Waals surface area (Å²) in [5, 5.41) is 4.42. The highest BCUT2D eigenvalue weighted by Gasteiger charge is 2.45. The number of amides is 1. The summed E-state index contributed by atoms with van der Waals surface area (Å²) < 4.78 is 0. The molecular formula is C15H18Cl2N2O. The Morgan fingerprint density at radius 2 is 2.20 bits per heavy atom. The molecule has 2 fully saturated rings. The van der Waals surface area contributed by atoms with E-state index in [0.29, 0.717) is 33.5 Å². The van der Waals surface area contributed by atoms with Gasteiger partial charge in [-0.1, -0.05) is 30.1 Å². The Kier molecular flexibility index (Phi) is 3.93. The van der Waals surface area contributed by atoms with Gasteiger partial charge in [0.2, 0.25) is 0 Å². The zero-order chi connectivity index (χ0) is 14.3. The summed E-state index contributed by atoms with van der Waals surface area (Å²) >= 11 is 12.1. The number of fused-ring (bicyclic) bond motifs is 1. The molecule has 2 saturated heterocycles. The molecular weight excluding hydrogens is 295 g/mol. The summed E-state index contributed by atoms with van der Waals surface area (Å²) in [4.78, 5) is 14.8. The number of hydrogen-bond donors (Lipinski definition) is 1. The average molecular weight is 313 g/mol. The van der Waals surface area contributed by atoms with E-state index in [1.54, 1.807) is 18.2 Å². The quantitative estimate of drug-likeness (QED) is 0.910. The number of hydrogen-bond acceptors (Lipinski definition) is 2. The van der Waals surface area contributed by atoms with Gasteiger partial charge in [0.15, 0.2) is 0 Å². The van der Waals surface area contributed by atoms with Gasteiger partial charge in [0.1, 0.15) is 0 Å². The molecule has 3 unspecified atom stereocenters. The average Bonchev–Trinajstić information content (AvgIpc) is 2.97. The molecule has 1 aromatic rings. The van der Waals surface area contributed by atoms with Gasteiger partial charge in [0.25, 0.3) is 5.91 Å². The van der Waals surface area contributed by atoms with Gasteiger partial charge >= 0.3 is 0 Å². The van der Waals surface area contributed by atoms with E-state index < -0.39 is 0 Å². The molecule has 3 rings (SSSR count). The predicted octanol–water partition coefficient (Wildman–Crippen LogP) is 3.06. The molecule has 3 nitrogen and oxygen atoms in total. The van der Waals surface area contributed by atoms with E-state index in [0.717, 1.165) is 26.1 Å². The van der Waals surface area contributed by atoms with Crippen molar-refractivity contribution >= 4 is 29.1 Å². The molecule has 108 valence electrons. The largest absolute Gasteiger partial charge is 0.335 e. The number of likely N-dealkylation sites (tertiary alicyclic amines) is 1. The van der Waals surface area contributed by atoms with Crippen molar-refractivity contribution in [2.24, 2.45) is 11.8 Å². The smallest absolute Gasteiger partial charge is 0.255 e. The Labute approximate surface area is 129 Å². The van der Waals surface area contributed by atoms with Crippen LogP contribution in [0.15, 0.2) is 18.2 Å². The Balaban J connectivity index is 1.86. The summed E-state index contributed by atoms with van der Waals surface area (Å²) in [5.74, 6) is 1.19. The lowest BCUT2D eigenvalue weighted by Gasteiger charge is -2.27. The number of benzene rings is 1. The van der Waals surface area contributed by atoms with Crippen molar-refractivity contribution in [1.82, 2.24) is 10.2 Å². The van der Waals surface area contributed by atoms with Gasteiger partial charge < -0.3 is 10.2 Å². The highest BCUT2D eigenvalue weighted by atomic mass is 35.5. The second-order valence-corrected chi connectivity index (χ2v) is 6.48. The maximum atomic E-state index is 12.8. The van der Waals surface area contributed by atoms with Crippen molar-refractivity contribution in [1.29, 1.82) is 0 Å². The van der Waals surface area contributed by atoms with Gasteiger partial charge in [0.05, 0.1) is 10.6 Å². The first kappa shape index (κ1) is 14.2. The van der Waals surface area contributed by atoms with Crippen LogP contribution in [0.25, 0.3) is 0 Å². The highest BCUT2D eigenvalue weighted by Crippen LogP contribution is 2.36. The molecule has 0 radical (unpaired) electrons. The van der Waals surface area contributed by atoms with Crippen molar-refractivity contribution in [3.05, 3.63) is 33.8 Å². The normalized spacial score (nSPS) is 28.8. The SMILES string of the molecule is CCC1C2CNCC2CN1C(=O)c1ccc(Cl)cc1Cl. The summed E-state index contributed by atoms with van der Waals surface area (Å²) in [7, 11) is 0. The Morgan fingerprint density at radius 1 is 1.40 bits per heavy atom. The van der Waals surface area contributed by atoms with E-state index in [2.05, 4.69) is 12.2 Å². The van der Waals surface area contributed by atoms with Crippen LogP contribution in [0.2, 0.25) is 10.0 Å². The van der Waals surface area contributed by atoms with E-state index in [9.17, 15) is 4.79 Å². The monoisotopic (exact) mass is 312 g/mol. The first-order valence-corrected chi connectivity index (χ1v) is 7.84. The Morgan fingerprint density at radius 3 is 2.90 bits per heavy atom. The van der Waals surface area contributed by atoms with Gasteiger partial charge in [-0.2, -0.15) is 0 Å². The lowest BCUT2D eigenvalue weighted by molar-refractivity contribution is 0.0712. The minimum atomic E-state index is 0.0351. The number of carbonyl (C=O) groups is 1. The molecule has 0 aliphatic carbocycles. The second kappa shape index (κ2) is 5.55. The molecule has 1 aromatic carbocycles.